The molecule has 0 saturated carbocycles. The minimum atomic E-state index is -0.303. The van der Waals surface area contributed by atoms with Gasteiger partial charge in [0, 0.05) is 7.11 Å². The van der Waals surface area contributed by atoms with Gasteiger partial charge < -0.3 is 9.84 Å². The van der Waals surface area contributed by atoms with Crippen LogP contribution in [0.3, 0.4) is 0 Å². The van der Waals surface area contributed by atoms with Gasteiger partial charge in [0.15, 0.2) is 0 Å². The van der Waals surface area contributed by atoms with Gasteiger partial charge in [-0.05, 0) is 19.3 Å². The number of hydrogen-bond acceptors (Lipinski definition) is 2. The standard InChI is InChI=1S/C19H39O2/c1-4-6-7-8-9-10-11-12-13-14-15-16-19(21-3)17-18(20)5-2/h18-20H,2,4-17H2,1,3H3. The van der Waals surface area contributed by atoms with Crippen molar-refractivity contribution in [2.45, 2.75) is 109 Å². The fourth-order valence-electron chi connectivity index (χ4n) is 2.79. The van der Waals surface area contributed by atoms with Gasteiger partial charge in [-0.3, -0.25) is 0 Å². The summed E-state index contributed by atoms with van der Waals surface area (Å²) < 4.78 is 5.43. The molecule has 0 rings (SSSR count). The van der Waals surface area contributed by atoms with Crippen LogP contribution in [0.5, 0.6) is 0 Å². The molecular formula is C19H39O2. The highest BCUT2D eigenvalue weighted by Crippen LogP contribution is 2.15. The van der Waals surface area contributed by atoms with E-state index in [1.165, 1.54) is 70.6 Å². The molecule has 0 aliphatic carbocycles. The van der Waals surface area contributed by atoms with Crippen LogP contribution in [0.25, 0.3) is 0 Å². The molecule has 0 aromatic heterocycles. The van der Waals surface area contributed by atoms with E-state index in [4.69, 9.17) is 4.74 Å². The van der Waals surface area contributed by atoms with E-state index in [0.717, 1.165) is 12.8 Å². The van der Waals surface area contributed by atoms with Gasteiger partial charge in [0.2, 0.25) is 0 Å². The third-order valence-corrected chi connectivity index (χ3v) is 4.33. The van der Waals surface area contributed by atoms with E-state index >= 15 is 0 Å². The van der Waals surface area contributed by atoms with Crippen molar-refractivity contribution in [1.29, 1.82) is 0 Å². The summed E-state index contributed by atoms with van der Waals surface area (Å²) in [5, 5.41) is 9.59. The monoisotopic (exact) mass is 299 g/mol. The van der Waals surface area contributed by atoms with Crippen molar-refractivity contribution in [2.24, 2.45) is 0 Å². The highest BCUT2D eigenvalue weighted by Gasteiger charge is 2.12. The summed E-state index contributed by atoms with van der Waals surface area (Å²) in [5.74, 6) is 0. The van der Waals surface area contributed by atoms with Crippen LogP contribution in [0, 0.1) is 6.92 Å². The van der Waals surface area contributed by atoms with Crippen molar-refractivity contribution in [3.8, 4) is 0 Å². The van der Waals surface area contributed by atoms with Crippen molar-refractivity contribution in [3.05, 3.63) is 6.92 Å². The van der Waals surface area contributed by atoms with Gasteiger partial charge in [-0.25, -0.2) is 0 Å². The average Bonchev–Trinajstić information content (AvgIpc) is 2.51. The second kappa shape index (κ2) is 16.3. The van der Waals surface area contributed by atoms with Gasteiger partial charge in [-0.2, -0.15) is 0 Å². The minimum Gasteiger partial charge on any atom is -0.393 e. The molecule has 2 atom stereocenters. The van der Waals surface area contributed by atoms with Crippen LogP contribution in [-0.4, -0.2) is 24.4 Å². The smallest absolute Gasteiger partial charge is 0.0596 e. The van der Waals surface area contributed by atoms with Gasteiger partial charge in [-0.15, -0.1) is 0 Å². The second-order valence-electron chi connectivity index (χ2n) is 6.36. The van der Waals surface area contributed by atoms with Gasteiger partial charge in [0.1, 0.15) is 0 Å². The molecule has 0 aromatic rings. The van der Waals surface area contributed by atoms with E-state index in [0.29, 0.717) is 6.42 Å². The van der Waals surface area contributed by atoms with Crippen LogP contribution >= 0.6 is 0 Å². The third-order valence-electron chi connectivity index (χ3n) is 4.33. The van der Waals surface area contributed by atoms with Gasteiger partial charge in [0.05, 0.1) is 12.2 Å². The van der Waals surface area contributed by atoms with Crippen molar-refractivity contribution in [1.82, 2.24) is 0 Å². The van der Waals surface area contributed by atoms with Crippen molar-refractivity contribution in [2.75, 3.05) is 7.11 Å². The molecule has 0 fully saturated rings. The number of aliphatic hydroxyl groups is 1. The maximum absolute atomic E-state index is 9.59. The van der Waals surface area contributed by atoms with Crippen molar-refractivity contribution >= 4 is 0 Å². The number of hydrogen-bond donors (Lipinski definition) is 1. The van der Waals surface area contributed by atoms with Crippen LogP contribution in [0.4, 0.5) is 0 Å². The molecule has 0 amide bonds. The number of rotatable bonds is 16. The summed E-state index contributed by atoms with van der Waals surface area (Å²) in [4.78, 5) is 0. The first kappa shape index (κ1) is 20.9. The molecule has 2 nitrogen and oxygen atoms in total. The molecule has 0 aliphatic rings. The Morgan fingerprint density at radius 2 is 1.33 bits per heavy atom. The number of methoxy groups -OCH3 is 1. The summed E-state index contributed by atoms with van der Waals surface area (Å²) in [6.45, 7) is 6.00. The molecule has 0 bridgehead atoms. The van der Waals surface area contributed by atoms with Gasteiger partial charge >= 0.3 is 0 Å². The maximum Gasteiger partial charge on any atom is 0.0596 e. The van der Waals surface area contributed by atoms with Crippen LogP contribution in [-0.2, 0) is 4.74 Å². The SMILES string of the molecule is [CH2]CC(O)CC(CCCCCCCCCCCCC)OC. The minimum absolute atomic E-state index is 0.209. The fraction of sp³-hybridized carbons (Fsp3) is 0.947. The van der Waals surface area contributed by atoms with Gasteiger partial charge in [0.25, 0.3) is 0 Å². The zero-order chi connectivity index (χ0) is 15.8. The van der Waals surface area contributed by atoms with Crippen LogP contribution < -0.4 is 0 Å². The summed E-state index contributed by atoms with van der Waals surface area (Å²) >= 11 is 0. The zero-order valence-electron chi connectivity index (χ0n) is 14.6. The normalized spacial score (nSPS) is 14.3. The lowest BCUT2D eigenvalue weighted by atomic mass is 10.0. The lowest BCUT2D eigenvalue weighted by molar-refractivity contribution is 0.0396. The van der Waals surface area contributed by atoms with Crippen molar-refractivity contribution in [3.63, 3.8) is 0 Å². The molecule has 0 aliphatic heterocycles. The van der Waals surface area contributed by atoms with Gasteiger partial charge in [-0.1, -0.05) is 84.5 Å². The van der Waals surface area contributed by atoms with E-state index < -0.39 is 0 Å². The average molecular weight is 300 g/mol. The number of ether oxygens (including phenoxy) is 1. The number of aliphatic hydroxyl groups excluding tert-OH is 1. The topological polar surface area (TPSA) is 29.5 Å². The Kier molecular flexibility index (Phi) is 16.2. The van der Waals surface area contributed by atoms with Crippen LogP contribution in [0.1, 0.15) is 96.8 Å². The molecule has 1 radical (unpaired) electrons. The predicted octanol–water partition coefficient (Wildman–Crippen LogP) is 5.68. The molecule has 0 saturated heterocycles. The quantitative estimate of drug-likeness (QED) is 0.372. The Morgan fingerprint density at radius 3 is 1.76 bits per heavy atom. The molecule has 21 heavy (non-hydrogen) atoms. The third kappa shape index (κ3) is 14.6. The lowest BCUT2D eigenvalue weighted by Crippen LogP contribution is -2.19. The lowest BCUT2D eigenvalue weighted by Gasteiger charge is -2.18. The molecule has 0 spiro atoms. The maximum atomic E-state index is 9.59. The Balaban J connectivity index is 3.26. The Morgan fingerprint density at radius 1 is 0.857 bits per heavy atom. The summed E-state index contributed by atoms with van der Waals surface area (Å²) in [5.41, 5.74) is 0. The van der Waals surface area contributed by atoms with E-state index in [-0.39, 0.29) is 12.2 Å². The molecule has 0 aromatic carbocycles. The second-order valence-corrected chi connectivity index (χ2v) is 6.36. The predicted molar refractivity (Wildman–Crippen MR) is 92.5 cm³/mol. The fourth-order valence-corrected chi connectivity index (χ4v) is 2.79. The van der Waals surface area contributed by atoms with E-state index in [1.54, 1.807) is 7.11 Å². The van der Waals surface area contributed by atoms with Crippen LogP contribution in [0.2, 0.25) is 0 Å². The Bertz CT molecular complexity index is 194. The van der Waals surface area contributed by atoms with E-state index in [1.807, 2.05) is 0 Å². The molecule has 0 heterocycles. The molecule has 2 heteroatoms. The first-order chi connectivity index (χ1) is 10.2. The molecule has 1 N–H and O–H groups in total. The molecule has 2 unspecified atom stereocenters. The Labute approximate surface area is 133 Å². The van der Waals surface area contributed by atoms with E-state index in [9.17, 15) is 5.11 Å². The largest absolute Gasteiger partial charge is 0.393 e. The zero-order valence-corrected chi connectivity index (χ0v) is 14.6. The molecular weight excluding hydrogens is 260 g/mol. The van der Waals surface area contributed by atoms with E-state index in [2.05, 4.69) is 13.8 Å². The summed E-state index contributed by atoms with van der Waals surface area (Å²) in [7, 11) is 1.75. The Hall–Kier alpha value is -0.0800. The molecule has 127 valence electrons. The highest BCUT2D eigenvalue weighted by atomic mass is 16.5. The first-order valence-electron chi connectivity index (χ1n) is 9.24. The highest BCUT2D eigenvalue weighted by molar-refractivity contribution is 4.66. The number of unbranched alkanes of at least 4 members (excludes halogenated alkanes) is 10. The van der Waals surface area contributed by atoms with Crippen molar-refractivity contribution < 1.29 is 9.84 Å². The van der Waals surface area contributed by atoms with Crippen LogP contribution in [0.15, 0.2) is 0 Å². The summed E-state index contributed by atoms with van der Waals surface area (Å²) in [6, 6.07) is 0. The first-order valence-corrected chi connectivity index (χ1v) is 9.24. The summed E-state index contributed by atoms with van der Waals surface area (Å²) in [6.07, 6.45) is 17.4.